The van der Waals surface area contributed by atoms with Gasteiger partial charge >= 0.3 is 11.7 Å². The number of hydrogen-bond acceptors (Lipinski definition) is 8. The summed E-state index contributed by atoms with van der Waals surface area (Å²) in [7, 11) is -3.02. The van der Waals surface area contributed by atoms with Crippen LogP contribution in [0.2, 0.25) is 0 Å². The Morgan fingerprint density at radius 2 is 1.69 bits per heavy atom. The van der Waals surface area contributed by atoms with Gasteiger partial charge in [0.25, 0.3) is 27.4 Å². The summed E-state index contributed by atoms with van der Waals surface area (Å²) in [6.07, 6.45) is 2.19. The molecular weight excluding hydrogens is 690 g/mol. The number of pyridine rings is 1. The Morgan fingerprint density at radius 1 is 1.02 bits per heavy atom. The fourth-order valence-corrected chi connectivity index (χ4v) is 5.55. The molecule has 0 spiro atoms. The molecule has 2 aromatic heterocycles. The molecule has 266 valence electrons. The lowest BCUT2D eigenvalue weighted by Gasteiger charge is -2.16. The molecule has 0 saturated carbocycles. The van der Waals surface area contributed by atoms with Crippen LogP contribution >= 0.6 is 0 Å². The number of aryl methyl sites for hydroxylation is 2. The van der Waals surface area contributed by atoms with E-state index in [4.69, 9.17) is 0 Å². The number of aliphatic carboxylic acids is 1. The molecule has 0 aliphatic carbocycles. The van der Waals surface area contributed by atoms with Gasteiger partial charge in [-0.1, -0.05) is 12.0 Å². The summed E-state index contributed by atoms with van der Waals surface area (Å²) in [5.41, 5.74) is -2.64. The highest BCUT2D eigenvalue weighted by Gasteiger charge is 2.26. The Bertz CT molecular complexity index is 2290. The van der Waals surface area contributed by atoms with Crippen LogP contribution in [0, 0.1) is 35.8 Å². The molecule has 14 nitrogen and oxygen atoms in total. The maximum atomic E-state index is 15.0. The first-order chi connectivity index (χ1) is 23.8. The highest BCUT2D eigenvalue weighted by molar-refractivity contribution is 7.92. The van der Waals surface area contributed by atoms with E-state index in [0.29, 0.717) is 12.1 Å². The molecule has 17 heteroatoms. The number of sulfonamides is 1. The van der Waals surface area contributed by atoms with Crippen molar-refractivity contribution < 1.29 is 36.7 Å². The zero-order chi connectivity index (χ0) is 37.8. The Morgan fingerprint density at radius 3 is 2.27 bits per heavy atom. The summed E-state index contributed by atoms with van der Waals surface area (Å²) in [6.45, 7) is 6.97. The van der Waals surface area contributed by atoms with Gasteiger partial charge in [0, 0.05) is 48.6 Å². The van der Waals surface area contributed by atoms with Crippen molar-refractivity contribution in [3.63, 3.8) is 0 Å². The molecule has 51 heavy (non-hydrogen) atoms. The molecule has 4 aromatic rings. The smallest absolute Gasteiger partial charge is 0.336 e. The number of aromatic nitrogens is 3. The lowest BCUT2D eigenvalue weighted by Crippen LogP contribution is -2.42. The lowest BCUT2D eigenvalue weighted by molar-refractivity contribution is -0.139. The van der Waals surface area contributed by atoms with Crippen LogP contribution in [0.5, 0.6) is 0 Å². The monoisotopic (exact) mass is 722 g/mol. The van der Waals surface area contributed by atoms with Crippen molar-refractivity contribution in [2.45, 2.75) is 45.1 Å². The minimum atomic E-state index is -4.47. The molecule has 2 heterocycles. The van der Waals surface area contributed by atoms with Crippen molar-refractivity contribution in [3.8, 4) is 17.7 Å². The zero-order valence-electron chi connectivity index (χ0n) is 27.9. The van der Waals surface area contributed by atoms with Gasteiger partial charge in [0.05, 0.1) is 16.1 Å². The number of anilines is 2. The quantitative estimate of drug-likeness (QED) is 0.178. The Hall–Kier alpha value is -6.15. The van der Waals surface area contributed by atoms with Gasteiger partial charge in [-0.2, -0.15) is 0 Å². The van der Waals surface area contributed by atoms with Gasteiger partial charge in [-0.3, -0.25) is 19.1 Å². The summed E-state index contributed by atoms with van der Waals surface area (Å²) in [6, 6.07) is 6.65. The van der Waals surface area contributed by atoms with Crippen molar-refractivity contribution in [2.75, 3.05) is 10.0 Å². The van der Waals surface area contributed by atoms with Gasteiger partial charge in [-0.05, 0) is 75.6 Å². The third-order valence-electron chi connectivity index (χ3n) is 7.02. The minimum absolute atomic E-state index is 0.0277. The Kier molecular flexibility index (Phi) is 10.9. The maximum absolute atomic E-state index is 15.0. The number of carboxylic acid groups (broad SMARTS) is 1. The van der Waals surface area contributed by atoms with Crippen molar-refractivity contribution in [3.05, 3.63) is 110 Å². The highest BCUT2D eigenvalue weighted by Crippen LogP contribution is 2.24. The first kappa shape index (κ1) is 37.7. The van der Waals surface area contributed by atoms with E-state index in [2.05, 4.69) is 27.5 Å². The third kappa shape index (κ3) is 9.30. The molecule has 2 amide bonds. The maximum Gasteiger partial charge on any atom is 0.336 e. The molecule has 2 aromatic carbocycles. The summed E-state index contributed by atoms with van der Waals surface area (Å²) in [5, 5.41) is 14.3. The summed E-state index contributed by atoms with van der Waals surface area (Å²) in [4.78, 5) is 65.6. The SMILES string of the molecule is Cc1cn(C)c(=O)n(-c2ccc(C[C@H](NC(=O)c3cc(F)c(NS(=O)(=O)c4ccc(NC(=O)C#CC(C)(C)C)cc4)cc3F)C(=O)O)cn2)c1=O. The molecule has 1 atom stereocenters. The second-order valence-corrected chi connectivity index (χ2v) is 14.0. The van der Waals surface area contributed by atoms with E-state index < -0.39 is 73.4 Å². The van der Waals surface area contributed by atoms with E-state index in [1.807, 2.05) is 25.5 Å². The molecule has 0 aliphatic heterocycles. The van der Waals surface area contributed by atoms with Crippen LogP contribution < -0.4 is 26.6 Å². The number of carbonyl (C=O) groups excluding carboxylic acids is 2. The molecule has 4 rings (SSSR count). The number of carbonyl (C=O) groups is 3. The fourth-order valence-electron chi connectivity index (χ4n) is 4.49. The van der Waals surface area contributed by atoms with Crippen molar-refractivity contribution in [1.82, 2.24) is 19.4 Å². The van der Waals surface area contributed by atoms with Gasteiger partial charge in [-0.25, -0.2) is 36.3 Å². The van der Waals surface area contributed by atoms with Crippen LogP contribution in [0.3, 0.4) is 0 Å². The molecule has 0 bridgehead atoms. The molecule has 0 saturated heterocycles. The van der Waals surface area contributed by atoms with Crippen LogP contribution in [0.25, 0.3) is 5.82 Å². The fraction of sp³-hybridized carbons (Fsp3) is 0.235. The normalized spacial score (nSPS) is 11.9. The first-order valence-electron chi connectivity index (χ1n) is 15.0. The molecule has 0 radical (unpaired) electrons. The number of nitrogens with zero attached hydrogens (tertiary/aromatic N) is 3. The number of carboxylic acids is 1. The molecule has 4 N–H and O–H groups in total. The van der Waals surface area contributed by atoms with Crippen LogP contribution in [-0.4, -0.2) is 51.5 Å². The summed E-state index contributed by atoms with van der Waals surface area (Å²) < 4.78 is 59.8. The number of hydrogen-bond donors (Lipinski definition) is 4. The second-order valence-electron chi connectivity index (χ2n) is 12.3. The number of amides is 2. The second kappa shape index (κ2) is 14.8. The van der Waals surface area contributed by atoms with Gasteiger partial charge in [-0.15, -0.1) is 0 Å². The van der Waals surface area contributed by atoms with Crippen molar-refractivity contribution in [1.29, 1.82) is 0 Å². The Balaban J connectivity index is 1.46. The minimum Gasteiger partial charge on any atom is -0.480 e. The number of benzene rings is 2. The summed E-state index contributed by atoms with van der Waals surface area (Å²) in [5.74, 6) is -0.992. The molecule has 0 aliphatic rings. The Labute approximate surface area is 290 Å². The zero-order valence-corrected chi connectivity index (χ0v) is 28.7. The van der Waals surface area contributed by atoms with E-state index >= 15 is 8.78 Å². The van der Waals surface area contributed by atoms with Crippen molar-refractivity contribution >= 4 is 39.2 Å². The number of halogens is 2. The van der Waals surface area contributed by atoms with Crippen LogP contribution in [0.15, 0.2) is 75.4 Å². The predicted octanol–water partition coefficient (Wildman–Crippen LogP) is 2.73. The first-order valence-corrected chi connectivity index (χ1v) is 16.5. The van der Waals surface area contributed by atoms with Gasteiger partial charge in [0.2, 0.25) is 0 Å². The number of nitrogens with one attached hydrogen (secondary N) is 3. The van der Waals surface area contributed by atoms with Crippen LogP contribution in [0.1, 0.15) is 42.3 Å². The van der Waals surface area contributed by atoms with Gasteiger partial charge in [0.1, 0.15) is 23.5 Å². The van der Waals surface area contributed by atoms with Crippen LogP contribution in [0.4, 0.5) is 20.2 Å². The molecule has 0 unspecified atom stereocenters. The standard InChI is InChI=1S/C34H32F2N6O8S/c1-19-18-41(5)33(48)42(31(19)45)28-11-6-20(17-37-28)14-27(32(46)47)39-30(44)23-15-25(36)26(16-24(23)35)40-51(49,50)22-9-7-21(8-10-22)38-29(43)12-13-34(2,3)4/h6-11,15-18,27,40H,14H2,1-5H3,(H,38,43)(H,39,44)(H,46,47)/t27-/m0/s1. The average molecular weight is 723 g/mol. The van der Waals surface area contributed by atoms with Crippen LogP contribution in [-0.2, 0) is 33.1 Å². The predicted molar refractivity (Wildman–Crippen MR) is 182 cm³/mol. The summed E-state index contributed by atoms with van der Waals surface area (Å²) >= 11 is 0. The third-order valence-corrected chi connectivity index (χ3v) is 8.40. The van der Waals surface area contributed by atoms with E-state index in [-0.39, 0.29) is 33.9 Å². The lowest BCUT2D eigenvalue weighted by atomic mass is 9.98. The van der Waals surface area contributed by atoms with E-state index in [1.54, 1.807) is 0 Å². The van der Waals surface area contributed by atoms with Gasteiger partial charge in [0.15, 0.2) is 0 Å². The van der Waals surface area contributed by atoms with E-state index in [0.717, 1.165) is 16.7 Å². The average Bonchev–Trinajstić information content (AvgIpc) is 3.04. The van der Waals surface area contributed by atoms with Crippen molar-refractivity contribution in [2.24, 2.45) is 12.5 Å². The molecule has 0 fully saturated rings. The topological polar surface area (TPSA) is 199 Å². The highest BCUT2D eigenvalue weighted by atomic mass is 32.2. The molecular formula is C34H32F2N6O8S. The number of rotatable bonds is 10. The van der Waals surface area contributed by atoms with E-state index in [1.165, 1.54) is 55.2 Å². The largest absolute Gasteiger partial charge is 0.480 e. The van der Waals surface area contributed by atoms with Gasteiger partial charge < -0.3 is 20.3 Å². The van der Waals surface area contributed by atoms with E-state index in [9.17, 15) is 37.5 Å².